The molecule has 11 heteroatoms. The zero-order chi connectivity index (χ0) is 28.5. The fourth-order valence-electron chi connectivity index (χ4n) is 3.95. The number of methoxy groups -OCH3 is 1. The number of halogens is 2. The molecule has 0 aliphatic rings. The van der Waals surface area contributed by atoms with Gasteiger partial charge in [-0.1, -0.05) is 43.1 Å². The molecule has 2 atom stereocenters. The number of rotatable bonds is 14. The Morgan fingerprint density at radius 3 is 2.24 bits per heavy atom. The molecule has 1 N–H and O–H groups in total. The molecule has 2 unspecified atom stereocenters. The molecule has 0 radical (unpaired) electrons. The van der Waals surface area contributed by atoms with Gasteiger partial charge < -0.3 is 15.0 Å². The number of benzene rings is 2. The van der Waals surface area contributed by atoms with Gasteiger partial charge >= 0.3 is 0 Å². The Bertz CT molecular complexity index is 1190. The van der Waals surface area contributed by atoms with Gasteiger partial charge in [0, 0.05) is 35.6 Å². The van der Waals surface area contributed by atoms with E-state index in [1.165, 1.54) is 16.3 Å². The standard InChI is InChI=1S/C27H37Cl2N3O5S/c1-6-19(3)30-27(34)25(7-2)31(18-20-10-11-21(28)17-24(20)29)26(33)9-8-16-32(38(5,35)36)22-12-14-23(37-4)15-13-22/h10-15,17,19,25H,6-9,16,18H2,1-5H3,(H,30,34). The minimum Gasteiger partial charge on any atom is -0.497 e. The molecule has 0 aromatic heterocycles. The van der Waals surface area contributed by atoms with Crippen LogP contribution in [0.4, 0.5) is 5.69 Å². The first-order valence-corrected chi connectivity index (χ1v) is 15.2. The lowest BCUT2D eigenvalue weighted by Crippen LogP contribution is -2.50. The second kappa shape index (κ2) is 14.6. The second-order valence-electron chi connectivity index (χ2n) is 9.14. The molecule has 210 valence electrons. The number of ether oxygens (including phenoxy) is 1. The van der Waals surface area contributed by atoms with Crippen molar-refractivity contribution in [3.63, 3.8) is 0 Å². The average molecular weight is 587 g/mol. The van der Waals surface area contributed by atoms with E-state index < -0.39 is 16.1 Å². The van der Waals surface area contributed by atoms with Gasteiger partial charge in [-0.3, -0.25) is 13.9 Å². The van der Waals surface area contributed by atoms with E-state index >= 15 is 0 Å². The lowest BCUT2D eigenvalue weighted by atomic mass is 10.1. The van der Waals surface area contributed by atoms with E-state index in [1.54, 1.807) is 42.5 Å². The SMILES string of the molecule is CCC(C)NC(=O)C(CC)N(Cc1ccc(Cl)cc1Cl)C(=O)CCCN(c1ccc(OC)cc1)S(C)(=O)=O. The number of hydrogen-bond donors (Lipinski definition) is 1. The summed E-state index contributed by atoms with van der Waals surface area (Å²) < 4.78 is 31.4. The molecule has 0 heterocycles. The van der Waals surface area contributed by atoms with Crippen LogP contribution in [0.2, 0.25) is 10.0 Å². The Morgan fingerprint density at radius 2 is 1.71 bits per heavy atom. The minimum atomic E-state index is -3.59. The lowest BCUT2D eigenvalue weighted by molar-refractivity contribution is -0.141. The largest absolute Gasteiger partial charge is 0.497 e. The fraction of sp³-hybridized carbons (Fsp3) is 0.481. The first-order chi connectivity index (χ1) is 17.9. The maximum absolute atomic E-state index is 13.5. The van der Waals surface area contributed by atoms with Crippen LogP contribution in [0.15, 0.2) is 42.5 Å². The van der Waals surface area contributed by atoms with Gasteiger partial charge in [0.15, 0.2) is 0 Å². The number of nitrogens with one attached hydrogen (secondary N) is 1. The molecule has 0 spiro atoms. The van der Waals surface area contributed by atoms with Crippen LogP contribution in [0.25, 0.3) is 0 Å². The highest BCUT2D eigenvalue weighted by atomic mass is 35.5. The molecule has 0 saturated heterocycles. The number of anilines is 1. The quantitative estimate of drug-likeness (QED) is 0.326. The molecule has 0 fully saturated rings. The summed E-state index contributed by atoms with van der Waals surface area (Å²) >= 11 is 12.4. The summed E-state index contributed by atoms with van der Waals surface area (Å²) in [5.41, 5.74) is 1.14. The molecular formula is C27H37Cl2N3O5S. The second-order valence-corrected chi connectivity index (χ2v) is 11.9. The van der Waals surface area contributed by atoms with Crippen molar-refractivity contribution < 1.29 is 22.7 Å². The first kappa shape index (κ1) is 31.7. The van der Waals surface area contributed by atoms with Gasteiger partial charge in [-0.2, -0.15) is 0 Å². The summed E-state index contributed by atoms with van der Waals surface area (Å²) in [6, 6.07) is 10.9. The van der Waals surface area contributed by atoms with E-state index in [0.717, 1.165) is 12.7 Å². The number of carbonyl (C=O) groups is 2. The Kier molecular flexibility index (Phi) is 12.2. The van der Waals surface area contributed by atoms with E-state index in [2.05, 4.69) is 5.32 Å². The summed E-state index contributed by atoms with van der Waals surface area (Å²) in [6.07, 6.45) is 2.58. The highest BCUT2D eigenvalue weighted by molar-refractivity contribution is 7.92. The molecule has 0 saturated carbocycles. The number of sulfonamides is 1. The third-order valence-corrected chi connectivity index (χ3v) is 8.04. The topological polar surface area (TPSA) is 96.0 Å². The van der Waals surface area contributed by atoms with Gasteiger partial charge in [-0.25, -0.2) is 8.42 Å². The summed E-state index contributed by atoms with van der Waals surface area (Å²) in [4.78, 5) is 28.2. The van der Waals surface area contributed by atoms with E-state index in [0.29, 0.717) is 33.5 Å². The van der Waals surface area contributed by atoms with Crippen molar-refractivity contribution in [2.75, 3.05) is 24.2 Å². The van der Waals surface area contributed by atoms with Gasteiger partial charge in [0.1, 0.15) is 11.8 Å². The molecule has 0 aliphatic carbocycles. The van der Waals surface area contributed by atoms with Crippen molar-refractivity contribution in [3.8, 4) is 5.75 Å². The highest BCUT2D eigenvalue weighted by Gasteiger charge is 2.30. The fourth-order valence-corrected chi connectivity index (χ4v) is 5.38. The van der Waals surface area contributed by atoms with Crippen molar-refractivity contribution in [2.24, 2.45) is 0 Å². The predicted octanol–water partition coefficient (Wildman–Crippen LogP) is 5.27. The van der Waals surface area contributed by atoms with Crippen molar-refractivity contribution in [2.45, 2.75) is 65.1 Å². The molecule has 2 rings (SSSR count). The van der Waals surface area contributed by atoms with Gasteiger partial charge in [0.25, 0.3) is 0 Å². The maximum Gasteiger partial charge on any atom is 0.243 e. The number of nitrogens with zero attached hydrogens (tertiary/aromatic N) is 2. The van der Waals surface area contributed by atoms with Crippen LogP contribution >= 0.6 is 23.2 Å². The van der Waals surface area contributed by atoms with Gasteiger partial charge in [-0.15, -0.1) is 0 Å². The third kappa shape index (κ3) is 9.06. The lowest BCUT2D eigenvalue weighted by Gasteiger charge is -2.32. The Balaban J connectivity index is 2.25. The van der Waals surface area contributed by atoms with Crippen molar-refractivity contribution in [1.82, 2.24) is 10.2 Å². The van der Waals surface area contributed by atoms with Gasteiger partial charge in [0.05, 0.1) is 19.1 Å². The summed E-state index contributed by atoms with van der Waals surface area (Å²) in [6.45, 7) is 5.95. The van der Waals surface area contributed by atoms with Crippen LogP contribution in [0, 0.1) is 0 Å². The molecule has 8 nitrogen and oxygen atoms in total. The molecule has 0 bridgehead atoms. The number of carbonyl (C=O) groups excluding carboxylic acids is 2. The monoisotopic (exact) mass is 585 g/mol. The van der Waals surface area contributed by atoms with E-state index in [1.807, 2.05) is 20.8 Å². The number of hydrogen-bond acceptors (Lipinski definition) is 5. The molecular weight excluding hydrogens is 549 g/mol. The normalized spacial score (nSPS) is 12.9. The van der Waals surface area contributed by atoms with Crippen LogP contribution in [0.5, 0.6) is 5.75 Å². The van der Waals surface area contributed by atoms with Crippen molar-refractivity contribution in [1.29, 1.82) is 0 Å². The zero-order valence-electron chi connectivity index (χ0n) is 22.5. The first-order valence-electron chi connectivity index (χ1n) is 12.6. The summed E-state index contributed by atoms with van der Waals surface area (Å²) in [7, 11) is -2.06. The molecule has 38 heavy (non-hydrogen) atoms. The van der Waals surface area contributed by atoms with Crippen LogP contribution in [0.1, 0.15) is 52.0 Å². The predicted molar refractivity (Wildman–Crippen MR) is 153 cm³/mol. The van der Waals surface area contributed by atoms with Crippen LogP contribution in [-0.4, -0.2) is 57.1 Å². The third-order valence-electron chi connectivity index (χ3n) is 6.26. The van der Waals surface area contributed by atoms with Crippen LogP contribution in [-0.2, 0) is 26.2 Å². The highest BCUT2D eigenvalue weighted by Crippen LogP contribution is 2.25. The van der Waals surface area contributed by atoms with Crippen molar-refractivity contribution >= 4 is 50.7 Å². The maximum atomic E-state index is 13.5. The Morgan fingerprint density at radius 1 is 1.05 bits per heavy atom. The molecule has 2 aromatic carbocycles. The van der Waals surface area contributed by atoms with E-state index in [4.69, 9.17) is 27.9 Å². The Labute approximate surface area is 236 Å². The Hall–Kier alpha value is -2.49. The van der Waals surface area contributed by atoms with Crippen LogP contribution in [0.3, 0.4) is 0 Å². The van der Waals surface area contributed by atoms with Crippen LogP contribution < -0.4 is 14.4 Å². The van der Waals surface area contributed by atoms with E-state index in [-0.39, 0.29) is 43.8 Å². The smallest absolute Gasteiger partial charge is 0.243 e. The van der Waals surface area contributed by atoms with Crippen molar-refractivity contribution in [3.05, 3.63) is 58.1 Å². The molecule has 0 aliphatic heterocycles. The summed E-state index contributed by atoms with van der Waals surface area (Å²) in [5.74, 6) is 0.0942. The molecule has 2 amide bonds. The van der Waals surface area contributed by atoms with Gasteiger partial charge in [0.2, 0.25) is 21.8 Å². The molecule has 2 aromatic rings. The average Bonchev–Trinajstić information content (AvgIpc) is 2.86. The number of amides is 2. The zero-order valence-corrected chi connectivity index (χ0v) is 24.9. The van der Waals surface area contributed by atoms with Gasteiger partial charge in [-0.05, 0) is 68.1 Å². The van der Waals surface area contributed by atoms with E-state index in [9.17, 15) is 18.0 Å². The summed E-state index contributed by atoms with van der Waals surface area (Å²) in [5, 5.41) is 3.83. The minimum absolute atomic E-state index is 0.0413.